The maximum Gasteiger partial charge on any atom is 0.303 e. The van der Waals surface area contributed by atoms with Crippen molar-refractivity contribution < 1.29 is 32.7 Å². The summed E-state index contributed by atoms with van der Waals surface area (Å²) in [5, 5.41) is 21.9. The molecule has 3 amide bonds. The van der Waals surface area contributed by atoms with Gasteiger partial charge < -0.3 is 26.4 Å². The second-order valence-electron chi connectivity index (χ2n) is 13.0. The third-order valence-electron chi connectivity index (χ3n) is 9.12. The lowest BCUT2D eigenvalue weighted by Gasteiger charge is -2.31. The largest absolute Gasteiger partial charge is 0.481 e. The average molecular weight is 697 g/mol. The van der Waals surface area contributed by atoms with Crippen LogP contribution < -0.4 is 21.1 Å². The number of benzene rings is 2. The van der Waals surface area contributed by atoms with Crippen molar-refractivity contribution in [3.05, 3.63) is 70.8 Å². The van der Waals surface area contributed by atoms with Gasteiger partial charge in [-0.15, -0.1) is 0 Å². The van der Waals surface area contributed by atoms with Gasteiger partial charge in [-0.1, -0.05) is 80.6 Å². The van der Waals surface area contributed by atoms with Crippen LogP contribution in [0.2, 0.25) is 0 Å². The second kappa shape index (κ2) is 17.9. The third-order valence-corrected chi connectivity index (χ3v) is 10.5. The van der Waals surface area contributed by atoms with Gasteiger partial charge in [0.2, 0.25) is 27.7 Å². The van der Waals surface area contributed by atoms with E-state index in [0.29, 0.717) is 42.5 Å². The van der Waals surface area contributed by atoms with Gasteiger partial charge in [0.15, 0.2) is 0 Å². The first-order valence-corrected chi connectivity index (χ1v) is 18.6. The van der Waals surface area contributed by atoms with E-state index in [4.69, 9.17) is 16.2 Å². The molecule has 2 aromatic rings. The van der Waals surface area contributed by atoms with Crippen LogP contribution in [-0.2, 0) is 48.0 Å². The van der Waals surface area contributed by atoms with Crippen molar-refractivity contribution in [1.82, 2.24) is 20.3 Å². The van der Waals surface area contributed by atoms with Crippen LogP contribution in [0.25, 0.3) is 0 Å². The first-order valence-electron chi connectivity index (χ1n) is 17.0. The number of aliphatic carboxylic acids is 1. The lowest BCUT2D eigenvalue weighted by atomic mass is 9.84. The number of amidine groups is 1. The molecule has 2 fully saturated rings. The molecule has 2 atom stereocenters. The molecule has 1 saturated carbocycles. The Bertz CT molecular complexity index is 1590. The zero-order chi connectivity index (χ0) is 35.4. The Morgan fingerprint density at radius 2 is 1.59 bits per heavy atom. The monoisotopic (exact) mass is 696 g/mol. The highest BCUT2D eigenvalue weighted by Gasteiger charge is 2.39. The first kappa shape index (κ1) is 37.5. The summed E-state index contributed by atoms with van der Waals surface area (Å²) < 4.78 is 29.8. The van der Waals surface area contributed by atoms with Gasteiger partial charge in [-0.2, -0.15) is 0 Å². The van der Waals surface area contributed by atoms with Crippen molar-refractivity contribution >= 4 is 39.5 Å². The Labute approximate surface area is 288 Å². The number of carboxylic acid groups (broad SMARTS) is 1. The topological polar surface area (TPSA) is 212 Å². The van der Waals surface area contributed by atoms with Gasteiger partial charge in [0.25, 0.3) is 0 Å². The van der Waals surface area contributed by atoms with Gasteiger partial charge >= 0.3 is 5.97 Å². The number of rotatable bonds is 17. The predicted molar refractivity (Wildman–Crippen MR) is 185 cm³/mol. The summed E-state index contributed by atoms with van der Waals surface area (Å²) in [4.78, 5) is 51.7. The number of carboxylic acids is 1. The highest BCUT2D eigenvalue weighted by atomic mass is 32.2. The third kappa shape index (κ3) is 12.0. The molecule has 266 valence electrons. The van der Waals surface area contributed by atoms with Crippen LogP contribution in [0.5, 0.6) is 0 Å². The quantitative estimate of drug-likeness (QED) is 0.107. The molecule has 1 aliphatic carbocycles. The fourth-order valence-electron chi connectivity index (χ4n) is 6.56. The summed E-state index contributed by atoms with van der Waals surface area (Å²) in [5.74, 6) is -2.16. The summed E-state index contributed by atoms with van der Waals surface area (Å²) in [5.41, 5.74) is 8.10. The van der Waals surface area contributed by atoms with Crippen molar-refractivity contribution in [2.75, 3.05) is 6.54 Å². The molecule has 14 heteroatoms. The van der Waals surface area contributed by atoms with Crippen LogP contribution in [0, 0.1) is 11.3 Å². The molecule has 1 unspecified atom stereocenters. The number of likely N-dealkylation sites (tertiary alicyclic amines) is 1. The van der Waals surface area contributed by atoms with Gasteiger partial charge in [-0.3, -0.25) is 24.6 Å². The smallest absolute Gasteiger partial charge is 0.303 e. The molecule has 13 nitrogen and oxygen atoms in total. The van der Waals surface area contributed by atoms with Gasteiger partial charge in [-0.05, 0) is 48.3 Å². The second-order valence-corrected chi connectivity index (χ2v) is 14.8. The van der Waals surface area contributed by atoms with E-state index in [1.54, 1.807) is 48.5 Å². The molecule has 0 aromatic heterocycles. The lowest BCUT2D eigenvalue weighted by molar-refractivity contribution is -0.140. The van der Waals surface area contributed by atoms with E-state index < -0.39 is 34.0 Å². The summed E-state index contributed by atoms with van der Waals surface area (Å²) >= 11 is 0. The van der Waals surface area contributed by atoms with E-state index >= 15 is 0 Å². The molecular formula is C35H48N6O7S. The van der Waals surface area contributed by atoms with Crippen molar-refractivity contribution in [3.63, 3.8) is 0 Å². The highest BCUT2D eigenvalue weighted by molar-refractivity contribution is 7.88. The van der Waals surface area contributed by atoms with E-state index in [1.807, 2.05) is 0 Å². The van der Waals surface area contributed by atoms with E-state index in [0.717, 1.165) is 37.7 Å². The maximum atomic E-state index is 14.1. The fraction of sp³-hybridized carbons (Fsp3) is 0.514. The molecule has 7 N–H and O–H groups in total. The molecule has 1 aliphatic heterocycles. The van der Waals surface area contributed by atoms with Gasteiger partial charge in [0.1, 0.15) is 17.9 Å². The van der Waals surface area contributed by atoms with Crippen LogP contribution in [0.15, 0.2) is 48.5 Å². The summed E-state index contributed by atoms with van der Waals surface area (Å²) in [6, 6.07) is 12.1. The number of nitrogens with one attached hydrogen (secondary N) is 4. The van der Waals surface area contributed by atoms with Crippen LogP contribution >= 0.6 is 0 Å². The van der Waals surface area contributed by atoms with Crippen LogP contribution in [0.4, 0.5) is 0 Å². The van der Waals surface area contributed by atoms with E-state index in [1.165, 1.54) is 4.90 Å². The number of nitrogens with two attached hydrogens (primary N) is 1. The molecule has 49 heavy (non-hydrogen) atoms. The van der Waals surface area contributed by atoms with Crippen LogP contribution in [0.3, 0.4) is 0 Å². The van der Waals surface area contributed by atoms with E-state index in [2.05, 4.69) is 15.4 Å². The maximum absolute atomic E-state index is 14.1. The molecule has 0 spiro atoms. The molecule has 4 rings (SSSR count). The normalized spacial score (nSPS) is 17.3. The van der Waals surface area contributed by atoms with E-state index in [9.17, 15) is 27.6 Å². The number of carbonyl (C=O) groups excluding carboxylic acids is 3. The summed E-state index contributed by atoms with van der Waals surface area (Å²) in [6.07, 6.45) is 6.70. The highest BCUT2D eigenvalue weighted by Crippen LogP contribution is 2.29. The fourth-order valence-corrected chi connectivity index (χ4v) is 7.90. The first-order chi connectivity index (χ1) is 23.4. The van der Waals surface area contributed by atoms with Gasteiger partial charge in [0, 0.05) is 38.0 Å². The molecule has 0 radical (unpaired) electrons. The number of amides is 3. The molecule has 2 aromatic carbocycles. The molecule has 0 bridgehead atoms. The summed E-state index contributed by atoms with van der Waals surface area (Å²) in [7, 11) is -3.99. The Hall–Kier alpha value is -4.30. The van der Waals surface area contributed by atoms with Gasteiger partial charge in [0.05, 0.1) is 5.75 Å². The Morgan fingerprint density at radius 1 is 0.898 bits per heavy atom. The average Bonchev–Trinajstić information content (AvgIpc) is 3.56. The minimum absolute atomic E-state index is 0.0455. The van der Waals surface area contributed by atoms with Crippen molar-refractivity contribution in [3.8, 4) is 0 Å². The number of carbonyl (C=O) groups is 4. The van der Waals surface area contributed by atoms with Crippen LogP contribution in [-0.4, -0.2) is 66.6 Å². The number of nitrogens with zero attached hydrogens (tertiary/aromatic N) is 1. The number of hydrogen-bond donors (Lipinski definition) is 6. The Morgan fingerprint density at radius 3 is 2.29 bits per heavy atom. The molecule has 1 heterocycles. The Balaban J connectivity index is 1.40. The minimum atomic E-state index is -3.99. The zero-order valence-electron chi connectivity index (χ0n) is 27.8. The zero-order valence-corrected chi connectivity index (χ0v) is 28.6. The number of sulfonamides is 1. The molecule has 1 saturated heterocycles. The van der Waals surface area contributed by atoms with E-state index in [-0.39, 0.29) is 61.7 Å². The van der Waals surface area contributed by atoms with Crippen LogP contribution in [0.1, 0.15) is 92.9 Å². The standard InChI is InChI=1S/C35H48N6O7S/c36-33(37)28-16-14-25(15-17-28)21-39-34(45)30-11-6-18-41(30)35(46)29(20-24-7-2-1-3-8-24)40-49(47,48)23-27-10-4-9-26(19-27)22-38-31(42)12-5-13-32(43)44/h4,9-10,14-17,19,24,29-30,40H,1-3,5-8,11-13,18,20-23H2,(H3,36,37)(H,38,42)(H,39,45)(H,43,44)/t29-,30?/m1/s1. The molecule has 2 aliphatic rings. The predicted octanol–water partition coefficient (Wildman–Crippen LogP) is 2.91. The SMILES string of the molecule is N=C(N)c1ccc(CNC(=O)C2CCCN2C(=O)[C@@H](CC2CCCCC2)NS(=O)(=O)Cc2cccc(CNC(=O)CCCC(=O)O)c2)cc1. The van der Waals surface area contributed by atoms with Crippen molar-refractivity contribution in [1.29, 1.82) is 5.41 Å². The lowest BCUT2D eigenvalue weighted by Crippen LogP contribution is -2.54. The molecular weight excluding hydrogens is 648 g/mol. The number of nitrogen functional groups attached to an aromatic ring is 1. The van der Waals surface area contributed by atoms with Crippen molar-refractivity contribution in [2.45, 2.75) is 102 Å². The number of hydrogen-bond acceptors (Lipinski definition) is 7. The minimum Gasteiger partial charge on any atom is -0.481 e. The Kier molecular flexibility index (Phi) is 13.7. The van der Waals surface area contributed by atoms with Crippen molar-refractivity contribution in [2.24, 2.45) is 11.7 Å². The summed E-state index contributed by atoms with van der Waals surface area (Å²) in [6.45, 7) is 0.760. The van der Waals surface area contributed by atoms with Gasteiger partial charge in [-0.25, -0.2) is 13.1 Å².